The molecule has 0 radical (unpaired) electrons. The van der Waals surface area contributed by atoms with Gasteiger partial charge in [0.25, 0.3) is 0 Å². The Labute approximate surface area is 193 Å². The molecular weight excluding hydrogens is 396 g/mol. The number of rotatable bonds is 6. The first-order chi connectivity index (χ1) is 15.3. The molecule has 2 heterocycles. The molecular formula is C28H38N2O2. The molecule has 0 saturated heterocycles. The highest BCUT2D eigenvalue weighted by Crippen LogP contribution is 2.62. The Kier molecular flexibility index (Phi) is 5.50. The summed E-state index contributed by atoms with van der Waals surface area (Å²) >= 11 is 0. The Morgan fingerprint density at radius 3 is 1.78 bits per heavy atom. The van der Waals surface area contributed by atoms with E-state index in [0.29, 0.717) is 17.8 Å². The summed E-state index contributed by atoms with van der Waals surface area (Å²) in [5.74, 6) is 3.47. The van der Waals surface area contributed by atoms with Crippen LogP contribution < -0.4 is 20.1 Å². The van der Waals surface area contributed by atoms with E-state index in [1.165, 1.54) is 22.3 Å². The summed E-state index contributed by atoms with van der Waals surface area (Å²) < 4.78 is 13.4. The zero-order chi connectivity index (χ0) is 22.5. The van der Waals surface area contributed by atoms with Crippen LogP contribution in [0.15, 0.2) is 36.4 Å². The van der Waals surface area contributed by atoms with E-state index in [9.17, 15) is 0 Å². The summed E-state index contributed by atoms with van der Waals surface area (Å²) in [7, 11) is 4.03. The summed E-state index contributed by atoms with van der Waals surface area (Å²) in [6.07, 6.45) is 4.20. The van der Waals surface area contributed by atoms with Crippen LogP contribution in [0.4, 0.5) is 0 Å². The van der Waals surface area contributed by atoms with Crippen LogP contribution in [0.25, 0.3) is 0 Å². The maximum Gasteiger partial charge on any atom is 0.123 e. The SMILES string of the molecule is CNCCc1ccc2c(c1)[C@@H]1C[C@]3(C)C[C@@H](c4cc(CCNC)ccc4O3)[C@H]1C(C)(C)O2. The van der Waals surface area contributed by atoms with E-state index in [4.69, 9.17) is 9.47 Å². The van der Waals surface area contributed by atoms with Gasteiger partial charge in [-0.1, -0.05) is 24.3 Å². The van der Waals surface area contributed by atoms with E-state index in [-0.39, 0.29) is 11.2 Å². The third-order valence-corrected chi connectivity index (χ3v) is 7.98. The van der Waals surface area contributed by atoms with Crippen molar-refractivity contribution in [3.63, 3.8) is 0 Å². The van der Waals surface area contributed by atoms with Crippen molar-refractivity contribution in [1.29, 1.82) is 0 Å². The van der Waals surface area contributed by atoms with Gasteiger partial charge in [0, 0.05) is 5.92 Å². The summed E-state index contributed by atoms with van der Waals surface area (Å²) in [5.41, 5.74) is 5.20. The third-order valence-electron chi connectivity index (χ3n) is 7.98. The second-order valence-electron chi connectivity index (χ2n) is 10.9. The highest BCUT2D eigenvalue weighted by atomic mass is 16.5. The minimum absolute atomic E-state index is 0.128. The molecule has 4 atom stereocenters. The topological polar surface area (TPSA) is 42.5 Å². The first-order valence-corrected chi connectivity index (χ1v) is 12.3. The fourth-order valence-corrected chi connectivity index (χ4v) is 6.64. The number of hydrogen-bond donors (Lipinski definition) is 2. The van der Waals surface area contributed by atoms with Crippen LogP contribution in [-0.2, 0) is 12.8 Å². The molecule has 2 aromatic rings. The Morgan fingerprint density at radius 1 is 0.781 bits per heavy atom. The van der Waals surface area contributed by atoms with Gasteiger partial charge in [-0.15, -0.1) is 0 Å². The smallest absolute Gasteiger partial charge is 0.123 e. The van der Waals surface area contributed by atoms with Crippen LogP contribution in [-0.4, -0.2) is 38.4 Å². The summed E-state index contributed by atoms with van der Waals surface area (Å²) in [4.78, 5) is 0. The molecule has 2 aromatic carbocycles. The van der Waals surface area contributed by atoms with E-state index >= 15 is 0 Å². The molecule has 0 aromatic heterocycles. The lowest BCUT2D eigenvalue weighted by molar-refractivity contribution is -0.0801. The predicted molar refractivity (Wildman–Crippen MR) is 130 cm³/mol. The van der Waals surface area contributed by atoms with Crippen LogP contribution in [0.2, 0.25) is 0 Å². The number of ether oxygens (including phenoxy) is 2. The summed E-state index contributed by atoms with van der Waals surface area (Å²) in [5, 5.41) is 6.56. The maximum atomic E-state index is 6.72. The summed E-state index contributed by atoms with van der Waals surface area (Å²) in [6.45, 7) is 8.90. The first-order valence-electron chi connectivity index (χ1n) is 12.3. The highest BCUT2D eigenvalue weighted by molar-refractivity contribution is 5.49. The van der Waals surface area contributed by atoms with Crippen molar-refractivity contribution in [2.45, 2.75) is 69.5 Å². The van der Waals surface area contributed by atoms with Crippen LogP contribution in [0.3, 0.4) is 0 Å². The normalized spacial score (nSPS) is 29.2. The Bertz CT molecular complexity index is 947. The molecule has 2 bridgehead atoms. The molecule has 5 rings (SSSR count). The average Bonchev–Trinajstić information content (AvgIpc) is 2.75. The average molecular weight is 435 g/mol. The monoisotopic (exact) mass is 434 g/mol. The number of hydrogen-bond acceptors (Lipinski definition) is 4. The zero-order valence-corrected chi connectivity index (χ0v) is 20.3. The molecule has 0 spiro atoms. The van der Waals surface area contributed by atoms with E-state index in [0.717, 1.165) is 50.3 Å². The Balaban J connectivity index is 1.58. The van der Waals surface area contributed by atoms with Crippen LogP contribution in [0.5, 0.6) is 11.5 Å². The fraction of sp³-hybridized carbons (Fsp3) is 0.571. The van der Waals surface area contributed by atoms with Crippen molar-refractivity contribution in [2.24, 2.45) is 5.92 Å². The van der Waals surface area contributed by atoms with E-state index < -0.39 is 0 Å². The standard InChI is InChI=1S/C28H38N2O2/c1-27(2)26-22(20-14-18(10-12-29-4)6-8-24(20)31-27)16-28(3)17-23(26)21-15-19(11-13-30-5)7-9-25(21)32-28/h6-9,14-15,22-23,26,29-30H,10-13,16-17H2,1-5H3/t22-,23-,26-,28+/m0/s1. The van der Waals surface area contributed by atoms with Crippen LogP contribution >= 0.6 is 0 Å². The van der Waals surface area contributed by atoms with Gasteiger partial charge in [0.1, 0.15) is 22.7 Å². The molecule has 4 heteroatoms. The molecule has 1 aliphatic carbocycles. The second kappa shape index (κ2) is 8.07. The van der Waals surface area contributed by atoms with Crippen molar-refractivity contribution in [1.82, 2.24) is 10.6 Å². The molecule has 32 heavy (non-hydrogen) atoms. The molecule has 4 nitrogen and oxygen atoms in total. The molecule has 0 amide bonds. The predicted octanol–water partition coefficient (Wildman–Crippen LogP) is 4.81. The van der Waals surface area contributed by atoms with Gasteiger partial charge in [-0.25, -0.2) is 0 Å². The van der Waals surface area contributed by atoms with Gasteiger partial charge in [-0.2, -0.15) is 0 Å². The van der Waals surface area contributed by atoms with Gasteiger partial charge >= 0.3 is 0 Å². The van der Waals surface area contributed by atoms with Gasteiger partial charge in [0.2, 0.25) is 0 Å². The minimum Gasteiger partial charge on any atom is -0.487 e. The molecule has 1 saturated carbocycles. The fourth-order valence-electron chi connectivity index (χ4n) is 6.64. The lowest BCUT2D eigenvalue weighted by Gasteiger charge is -2.57. The molecule has 0 unspecified atom stereocenters. The van der Waals surface area contributed by atoms with Gasteiger partial charge in [0.15, 0.2) is 0 Å². The van der Waals surface area contributed by atoms with Crippen molar-refractivity contribution in [3.8, 4) is 11.5 Å². The maximum absolute atomic E-state index is 6.72. The summed E-state index contributed by atoms with van der Waals surface area (Å²) in [6, 6.07) is 13.7. The van der Waals surface area contributed by atoms with Crippen LogP contribution in [0, 0.1) is 5.92 Å². The van der Waals surface area contributed by atoms with Gasteiger partial charge in [-0.05, 0) is 120 Å². The molecule has 3 aliphatic rings. The Morgan fingerprint density at radius 2 is 1.28 bits per heavy atom. The molecule has 2 N–H and O–H groups in total. The van der Waals surface area contributed by atoms with E-state index in [1.54, 1.807) is 0 Å². The number of likely N-dealkylation sites (N-methyl/N-ethyl adjacent to an activating group) is 2. The molecule has 1 fully saturated rings. The first kappa shape index (κ1) is 21.8. The molecule has 172 valence electrons. The van der Waals surface area contributed by atoms with Crippen molar-refractivity contribution >= 4 is 0 Å². The molecule has 2 aliphatic heterocycles. The van der Waals surface area contributed by atoms with Crippen LogP contribution in [0.1, 0.15) is 67.7 Å². The van der Waals surface area contributed by atoms with Crippen molar-refractivity contribution in [3.05, 3.63) is 58.7 Å². The van der Waals surface area contributed by atoms with E-state index in [2.05, 4.69) is 67.8 Å². The van der Waals surface area contributed by atoms with E-state index in [1.807, 2.05) is 14.1 Å². The lowest BCUT2D eigenvalue weighted by Crippen LogP contribution is -2.56. The third kappa shape index (κ3) is 3.72. The van der Waals surface area contributed by atoms with Gasteiger partial charge in [-0.3, -0.25) is 0 Å². The number of fused-ring (bicyclic) bond motifs is 8. The Hall–Kier alpha value is -2.04. The second-order valence-corrected chi connectivity index (χ2v) is 10.9. The van der Waals surface area contributed by atoms with Crippen molar-refractivity contribution < 1.29 is 9.47 Å². The lowest BCUT2D eigenvalue weighted by atomic mass is 9.55. The quantitative estimate of drug-likeness (QED) is 0.685. The number of benzene rings is 2. The largest absolute Gasteiger partial charge is 0.487 e. The minimum atomic E-state index is -0.217. The van der Waals surface area contributed by atoms with Gasteiger partial charge < -0.3 is 20.1 Å². The highest BCUT2D eigenvalue weighted by Gasteiger charge is 2.57. The van der Waals surface area contributed by atoms with Gasteiger partial charge in [0.05, 0.1) is 0 Å². The zero-order valence-electron chi connectivity index (χ0n) is 20.3. The van der Waals surface area contributed by atoms with Crippen molar-refractivity contribution in [2.75, 3.05) is 27.2 Å². The number of nitrogens with one attached hydrogen (secondary N) is 2.